The molecule has 7 rings (SSSR count). The first-order valence-electron chi connectivity index (χ1n) is 10.9. The fourth-order valence-electron chi connectivity index (χ4n) is 5.25. The van der Waals surface area contributed by atoms with E-state index in [-0.39, 0.29) is 17.9 Å². The summed E-state index contributed by atoms with van der Waals surface area (Å²) in [4.78, 5) is 4.97. The summed E-state index contributed by atoms with van der Waals surface area (Å²) in [6, 6.07) is 30.8. The van der Waals surface area contributed by atoms with E-state index in [2.05, 4.69) is 59.2 Å². The van der Waals surface area contributed by atoms with Gasteiger partial charge < -0.3 is 14.4 Å². The molecule has 154 valence electrons. The fraction of sp³-hybridized carbons (Fsp3) is 0.107. The minimum Gasteiger partial charge on any atom is -0.508 e. The van der Waals surface area contributed by atoms with Gasteiger partial charge in [0.25, 0.3) is 0 Å². The molecule has 2 aliphatic rings. The van der Waals surface area contributed by atoms with Gasteiger partial charge in [-0.15, -0.1) is 0 Å². The topological polar surface area (TPSA) is 46.8 Å². The summed E-state index contributed by atoms with van der Waals surface area (Å²) >= 11 is 0. The maximum atomic E-state index is 10.2. The van der Waals surface area contributed by atoms with Crippen molar-refractivity contribution in [2.75, 3.05) is 0 Å². The molecule has 1 aliphatic carbocycles. The van der Waals surface area contributed by atoms with E-state index >= 15 is 0 Å². The number of phenolic OH excluding ortho intramolecular Hbond substituents is 1. The number of aromatic nitrogens is 1. The first-order chi connectivity index (χ1) is 15.8. The summed E-state index contributed by atoms with van der Waals surface area (Å²) in [5, 5.41) is 12.4. The number of benzene rings is 4. The van der Waals surface area contributed by atoms with Gasteiger partial charge in [0.2, 0.25) is 5.90 Å². The molecule has 4 nitrogen and oxygen atoms in total. The van der Waals surface area contributed by atoms with Gasteiger partial charge in [-0.05, 0) is 47.5 Å². The molecule has 2 atom stereocenters. The molecule has 0 fully saturated rings. The predicted octanol–water partition coefficient (Wildman–Crippen LogP) is 5.93. The Labute approximate surface area is 185 Å². The Bertz CT molecular complexity index is 1560. The molecule has 1 N–H and O–H groups in total. The Balaban J connectivity index is 1.37. The third-order valence-electron chi connectivity index (χ3n) is 6.67. The third-order valence-corrected chi connectivity index (χ3v) is 6.67. The standard InChI is InChI=1S/C28H20N2O2/c31-20-12-13-23-22-10-3-4-11-24(22)30(25(23)16-20)19-8-5-7-18(14-19)28-29-27-21-9-2-1-6-17(21)15-26(27)32-28/h1-14,16,26-27,31H,15H2/t26-,27+/m1/s1. The lowest BCUT2D eigenvalue weighted by atomic mass is 10.1. The molecular formula is C28H20N2O2. The van der Waals surface area contributed by atoms with E-state index in [9.17, 15) is 5.11 Å². The second-order valence-electron chi connectivity index (χ2n) is 8.54. The average molecular weight is 416 g/mol. The van der Waals surface area contributed by atoms with E-state index in [0.29, 0.717) is 5.90 Å². The Hall–Kier alpha value is -4.05. The molecule has 0 unspecified atom stereocenters. The van der Waals surface area contributed by atoms with E-state index in [4.69, 9.17) is 9.73 Å². The molecule has 0 bridgehead atoms. The number of aromatic hydroxyl groups is 1. The highest BCUT2D eigenvalue weighted by molar-refractivity contribution is 6.09. The number of aliphatic imine (C=N–C) groups is 1. The fourth-order valence-corrected chi connectivity index (χ4v) is 5.25. The van der Waals surface area contributed by atoms with Crippen LogP contribution in [0.4, 0.5) is 0 Å². The van der Waals surface area contributed by atoms with Crippen molar-refractivity contribution >= 4 is 27.7 Å². The quantitative estimate of drug-likeness (QED) is 0.388. The number of hydrogen-bond donors (Lipinski definition) is 1. The van der Waals surface area contributed by atoms with Gasteiger partial charge in [0.05, 0.1) is 11.0 Å². The van der Waals surface area contributed by atoms with Crippen molar-refractivity contribution in [1.29, 1.82) is 0 Å². The number of phenols is 1. The number of fused-ring (bicyclic) bond motifs is 6. The monoisotopic (exact) mass is 416 g/mol. The SMILES string of the molecule is Oc1ccc2c3ccccc3n(-c3cccc(C4=N[C@H]5c6ccccc6C[C@H]5O4)c3)c2c1. The Kier molecular flexibility index (Phi) is 3.56. The maximum Gasteiger partial charge on any atom is 0.217 e. The van der Waals surface area contributed by atoms with Gasteiger partial charge in [-0.3, -0.25) is 0 Å². The normalized spacial score (nSPS) is 19.1. The van der Waals surface area contributed by atoms with Crippen molar-refractivity contribution in [2.45, 2.75) is 18.6 Å². The zero-order chi connectivity index (χ0) is 21.2. The first-order valence-corrected chi connectivity index (χ1v) is 10.9. The van der Waals surface area contributed by atoms with Crippen LogP contribution in [-0.4, -0.2) is 21.7 Å². The van der Waals surface area contributed by atoms with Crippen LogP contribution in [0.2, 0.25) is 0 Å². The second-order valence-corrected chi connectivity index (χ2v) is 8.54. The highest BCUT2D eigenvalue weighted by Gasteiger charge is 2.39. The van der Waals surface area contributed by atoms with E-state index in [1.807, 2.05) is 30.3 Å². The van der Waals surface area contributed by atoms with Crippen LogP contribution >= 0.6 is 0 Å². The van der Waals surface area contributed by atoms with Crippen molar-refractivity contribution in [3.8, 4) is 11.4 Å². The smallest absolute Gasteiger partial charge is 0.217 e. The van der Waals surface area contributed by atoms with Crippen LogP contribution in [-0.2, 0) is 11.2 Å². The van der Waals surface area contributed by atoms with Gasteiger partial charge in [-0.1, -0.05) is 48.5 Å². The van der Waals surface area contributed by atoms with Crippen molar-refractivity contribution in [3.63, 3.8) is 0 Å². The average Bonchev–Trinajstić information content (AvgIpc) is 3.48. The van der Waals surface area contributed by atoms with Gasteiger partial charge >= 0.3 is 0 Å². The van der Waals surface area contributed by atoms with Crippen LogP contribution in [0.5, 0.6) is 5.75 Å². The molecule has 0 saturated carbocycles. The van der Waals surface area contributed by atoms with Crippen LogP contribution < -0.4 is 0 Å². The first kappa shape index (κ1) is 17.6. The summed E-state index contributed by atoms with van der Waals surface area (Å²) in [5.41, 5.74) is 6.68. The van der Waals surface area contributed by atoms with E-state index in [1.165, 1.54) is 11.1 Å². The summed E-state index contributed by atoms with van der Waals surface area (Å²) in [6.07, 6.45) is 0.982. The van der Waals surface area contributed by atoms with Crippen molar-refractivity contribution in [1.82, 2.24) is 4.57 Å². The molecular weight excluding hydrogens is 396 g/mol. The molecule has 4 heteroatoms. The van der Waals surface area contributed by atoms with Crippen molar-refractivity contribution < 1.29 is 9.84 Å². The molecule has 4 aromatic carbocycles. The summed E-state index contributed by atoms with van der Waals surface area (Å²) in [6.45, 7) is 0. The van der Waals surface area contributed by atoms with E-state index < -0.39 is 0 Å². The molecule has 0 saturated heterocycles. The second kappa shape index (κ2) is 6.47. The minimum absolute atomic E-state index is 0.0787. The highest BCUT2D eigenvalue weighted by Crippen LogP contribution is 2.41. The molecule has 2 heterocycles. The van der Waals surface area contributed by atoms with Crippen LogP contribution in [0.25, 0.3) is 27.5 Å². The molecule has 0 amide bonds. The predicted molar refractivity (Wildman–Crippen MR) is 127 cm³/mol. The van der Waals surface area contributed by atoms with Crippen LogP contribution in [0.3, 0.4) is 0 Å². The van der Waals surface area contributed by atoms with Crippen LogP contribution in [0.1, 0.15) is 22.7 Å². The number of hydrogen-bond acceptors (Lipinski definition) is 3. The summed E-state index contributed by atoms with van der Waals surface area (Å²) < 4.78 is 8.52. The number of para-hydroxylation sites is 1. The van der Waals surface area contributed by atoms with Crippen molar-refractivity contribution in [3.05, 3.63) is 108 Å². The van der Waals surface area contributed by atoms with E-state index in [1.54, 1.807) is 6.07 Å². The van der Waals surface area contributed by atoms with Crippen molar-refractivity contribution in [2.24, 2.45) is 4.99 Å². The largest absolute Gasteiger partial charge is 0.508 e. The number of nitrogens with zero attached hydrogens (tertiary/aromatic N) is 2. The molecule has 32 heavy (non-hydrogen) atoms. The zero-order valence-electron chi connectivity index (χ0n) is 17.3. The van der Waals surface area contributed by atoms with Gasteiger partial charge in [-0.25, -0.2) is 4.99 Å². The summed E-state index contributed by atoms with van der Waals surface area (Å²) in [5.74, 6) is 0.965. The number of rotatable bonds is 2. The van der Waals surface area contributed by atoms with E-state index in [0.717, 1.165) is 39.5 Å². The molecule has 5 aromatic rings. The lowest BCUT2D eigenvalue weighted by molar-refractivity contribution is 0.206. The third kappa shape index (κ3) is 2.47. The Morgan fingerprint density at radius 1 is 0.812 bits per heavy atom. The van der Waals surface area contributed by atoms with Crippen LogP contribution in [0, 0.1) is 0 Å². The van der Waals surface area contributed by atoms with Gasteiger partial charge in [-0.2, -0.15) is 0 Å². The minimum atomic E-state index is 0.0787. The molecule has 0 radical (unpaired) electrons. The summed E-state index contributed by atoms with van der Waals surface area (Å²) in [7, 11) is 0. The van der Waals surface area contributed by atoms with Gasteiger partial charge in [0.1, 0.15) is 17.9 Å². The van der Waals surface area contributed by atoms with Gasteiger partial charge in [0.15, 0.2) is 0 Å². The lowest BCUT2D eigenvalue weighted by Gasteiger charge is -2.12. The molecule has 1 aliphatic heterocycles. The molecule has 0 spiro atoms. The lowest BCUT2D eigenvalue weighted by Crippen LogP contribution is -2.13. The van der Waals surface area contributed by atoms with Crippen LogP contribution in [0.15, 0.2) is 96.0 Å². The maximum absolute atomic E-state index is 10.2. The Morgan fingerprint density at radius 3 is 2.62 bits per heavy atom. The van der Waals surface area contributed by atoms with Gasteiger partial charge in [0, 0.05) is 34.5 Å². The molecule has 1 aromatic heterocycles. The Morgan fingerprint density at radius 2 is 1.66 bits per heavy atom. The zero-order valence-corrected chi connectivity index (χ0v) is 17.3. The number of ether oxygens (including phenoxy) is 1. The highest BCUT2D eigenvalue weighted by atomic mass is 16.5.